The van der Waals surface area contributed by atoms with Gasteiger partial charge in [-0.25, -0.2) is 0 Å². The third-order valence-electron chi connectivity index (χ3n) is 4.03. The summed E-state index contributed by atoms with van der Waals surface area (Å²) in [5, 5.41) is 6.30. The molecule has 2 rings (SSSR count). The maximum atomic E-state index is 12.5. The Bertz CT molecular complexity index is 587. The van der Waals surface area contributed by atoms with Crippen LogP contribution in [-0.4, -0.2) is 51.8 Å². The fraction of sp³-hybridized carbons (Fsp3) is 0.579. The molecular formula is C19H30N4O2. The molecule has 0 bridgehead atoms. The Hall–Kier alpha value is -2.08. The molecule has 0 saturated carbocycles. The molecule has 25 heavy (non-hydrogen) atoms. The Morgan fingerprint density at radius 1 is 1.32 bits per heavy atom. The van der Waals surface area contributed by atoms with Crippen LogP contribution in [0.4, 0.5) is 5.69 Å². The van der Waals surface area contributed by atoms with Crippen LogP contribution in [0.25, 0.3) is 0 Å². The van der Waals surface area contributed by atoms with Gasteiger partial charge in [-0.05, 0) is 30.4 Å². The maximum Gasteiger partial charge on any atom is 0.246 e. The van der Waals surface area contributed by atoms with Crippen molar-refractivity contribution in [2.75, 3.05) is 44.8 Å². The van der Waals surface area contributed by atoms with E-state index in [1.807, 2.05) is 23.1 Å². The standard InChI is InChI=1S/C19H30N4O2/c1-15(2)14-25-12-6-10-21-19(20-3)22-13-18(24)23-11-9-16-7-4-5-8-17(16)23/h4-5,7-8,15H,6,9-14H2,1-3H3,(H2,20,21,22). The maximum absolute atomic E-state index is 12.5. The van der Waals surface area contributed by atoms with E-state index in [4.69, 9.17) is 4.74 Å². The summed E-state index contributed by atoms with van der Waals surface area (Å²) < 4.78 is 5.55. The van der Waals surface area contributed by atoms with Crippen LogP contribution in [0.2, 0.25) is 0 Å². The van der Waals surface area contributed by atoms with E-state index in [1.54, 1.807) is 7.05 Å². The van der Waals surface area contributed by atoms with Crippen molar-refractivity contribution in [3.05, 3.63) is 29.8 Å². The van der Waals surface area contributed by atoms with Crippen LogP contribution >= 0.6 is 0 Å². The lowest BCUT2D eigenvalue weighted by Gasteiger charge is -2.18. The average Bonchev–Trinajstić information content (AvgIpc) is 3.04. The van der Waals surface area contributed by atoms with Crippen LogP contribution in [0.15, 0.2) is 29.3 Å². The van der Waals surface area contributed by atoms with Gasteiger partial charge in [0.2, 0.25) is 5.91 Å². The van der Waals surface area contributed by atoms with E-state index in [2.05, 4.69) is 35.5 Å². The van der Waals surface area contributed by atoms with E-state index in [9.17, 15) is 4.79 Å². The number of amides is 1. The van der Waals surface area contributed by atoms with Crippen molar-refractivity contribution < 1.29 is 9.53 Å². The molecule has 0 unspecified atom stereocenters. The molecule has 1 heterocycles. The Morgan fingerprint density at radius 2 is 2.12 bits per heavy atom. The second kappa shape index (κ2) is 10.0. The first-order valence-corrected chi connectivity index (χ1v) is 9.02. The highest BCUT2D eigenvalue weighted by molar-refractivity contribution is 5.98. The molecular weight excluding hydrogens is 316 g/mol. The minimum absolute atomic E-state index is 0.0631. The number of aliphatic imine (C=N–C) groups is 1. The summed E-state index contributed by atoms with van der Waals surface area (Å²) in [6.45, 7) is 7.54. The number of carbonyl (C=O) groups excluding carboxylic acids is 1. The molecule has 0 fully saturated rings. The summed E-state index contributed by atoms with van der Waals surface area (Å²) in [5.41, 5.74) is 2.26. The van der Waals surface area contributed by atoms with E-state index in [0.29, 0.717) is 11.9 Å². The summed E-state index contributed by atoms with van der Waals surface area (Å²) in [7, 11) is 1.71. The summed E-state index contributed by atoms with van der Waals surface area (Å²) in [4.78, 5) is 18.5. The quantitative estimate of drug-likeness (QED) is 0.428. The predicted octanol–water partition coefficient (Wildman–Crippen LogP) is 1.80. The Morgan fingerprint density at radius 3 is 2.88 bits per heavy atom. The zero-order valence-corrected chi connectivity index (χ0v) is 15.5. The Labute approximate surface area is 150 Å². The van der Waals surface area contributed by atoms with Gasteiger partial charge < -0.3 is 20.3 Å². The molecule has 0 saturated heterocycles. The van der Waals surface area contributed by atoms with E-state index in [0.717, 1.165) is 44.8 Å². The predicted molar refractivity (Wildman–Crippen MR) is 102 cm³/mol. The van der Waals surface area contributed by atoms with Crippen LogP contribution in [0, 0.1) is 5.92 Å². The number of para-hydroxylation sites is 1. The van der Waals surface area contributed by atoms with Gasteiger partial charge in [-0.15, -0.1) is 0 Å². The zero-order chi connectivity index (χ0) is 18.1. The van der Waals surface area contributed by atoms with E-state index < -0.39 is 0 Å². The van der Waals surface area contributed by atoms with Crippen LogP contribution in [0.1, 0.15) is 25.8 Å². The van der Waals surface area contributed by atoms with Gasteiger partial charge in [-0.1, -0.05) is 32.0 Å². The number of hydrogen-bond donors (Lipinski definition) is 2. The van der Waals surface area contributed by atoms with Crippen molar-refractivity contribution in [2.45, 2.75) is 26.7 Å². The number of nitrogens with one attached hydrogen (secondary N) is 2. The summed E-state index contributed by atoms with van der Waals surface area (Å²) in [6, 6.07) is 8.07. The van der Waals surface area contributed by atoms with Crippen LogP contribution in [0.5, 0.6) is 0 Å². The summed E-state index contributed by atoms with van der Waals surface area (Å²) in [6.07, 6.45) is 1.83. The first-order chi connectivity index (χ1) is 12.1. The molecule has 1 aliphatic rings. The van der Waals surface area contributed by atoms with Gasteiger partial charge in [-0.2, -0.15) is 0 Å². The molecule has 1 amide bonds. The summed E-state index contributed by atoms with van der Waals surface area (Å²) >= 11 is 0. The van der Waals surface area contributed by atoms with Crippen LogP contribution in [-0.2, 0) is 16.0 Å². The third-order valence-corrected chi connectivity index (χ3v) is 4.03. The molecule has 0 atom stereocenters. The molecule has 138 valence electrons. The fourth-order valence-electron chi connectivity index (χ4n) is 2.77. The van der Waals surface area contributed by atoms with Crippen molar-refractivity contribution in [1.29, 1.82) is 0 Å². The number of hydrogen-bond acceptors (Lipinski definition) is 3. The molecule has 0 aliphatic carbocycles. The number of nitrogens with zero attached hydrogens (tertiary/aromatic N) is 2. The largest absolute Gasteiger partial charge is 0.381 e. The Balaban J connectivity index is 1.68. The molecule has 0 radical (unpaired) electrons. The first-order valence-electron chi connectivity index (χ1n) is 9.02. The van der Waals surface area contributed by atoms with Gasteiger partial charge >= 0.3 is 0 Å². The van der Waals surface area contributed by atoms with Crippen LogP contribution < -0.4 is 15.5 Å². The van der Waals surface area contributed by atoms with Gasteiger partial charge in [0.15, 0.2) is 5.96 Å². The molecule has 1 aliphatic heterocycles. The van der Waals surface area contributed by atoms with Crippen molar-refractivity contribution in [3.63, 3.8) is 0 Å². The number of anilines is 1. The lowest BCUT2D eigenvalue weighted by Crippen LogP contribution is -2.44. The number of ether oxygens (including phenoxy) is 1. The summed E-state index contributed by atoms with van der Waals surface area (Å²) in [5.74, 6) is 1.27. The molecule has 0 spiro atoms. The second-order valence-electron chi connectivity index (χ2n) is 6.60. The molecule has 2 N–H and O–H groups in total. The number of fused-ring (bicyclic) bond motifs is 1. The van der Waals surface area contributed by atoms with Crippen LogP contribution in [0.3, 0.4) is 0 Å². The van der Waals surface area contributed by atoms with E-state index in [-0.39, 0.29) is 12.5 Å². The van der Waals surface area contributed by atoms with Crippen molar-refractivity contribution in [1.82, 2.24) is 10.6 Å². The van der Waals surface area contributed by atoms with Gasteiger partial charge in [0.1, 0.15) is 0 Å². The average molecular weight is 346 g/mol. The van der Waals surface area contributed by atoms with Gasteiger partial charge in [-0.3, -0.25) is 9.79 Å². The normalized spacial score (nSPS) is 13.9. The molecule has 1 aromatic carbocycles. The lowest BCUT2D eigenvalue weighted by molar-refractivity contribution is -0.117. The highest BCUT2D eigenvalue weighted by atomic mass is 16.5. The molecule has 0 aromatic heterocycles. The molecule has 1 aromatic rings. The van der Waals surface area contributed by atoms with Gasteiger partial charge in [0.05, 0.1) is 6.54 Å². The lowest BCUT2D eigenvalue weighted by atomic mass is 10.2. The number of guanidine groups is 1. The number of carbonyl (C=O) groups is 1. The van der Waals surface area contributed by atoms with Crippen molar-refractivity contribution in [2.24, 2.45) is 10.9 Å². The third kappa shape index (κ3) is 6.05. The topological polar surface area (TPSA) is 66.0 Å². The number of rotatable bonds is 8. The van der Waals surface area contributed by atoms with E-state index >= 15 is 0 Å². The monoisotopic (exact) mass is 346 g/mol. The van der Waals surface area contributed by atoms with Gasteiger partial charge in [0.25, 0.3) is 0 Å². The zero-order valence-electron chi connectivity index (χ0n) is 15.5. The minimum atomic E-state index is 0.0631. The van der Waals surface area contributed by atoms with Gasteiger partial charge in [0, 0.05) is 39.0 Å². The van der Waals surface area contributed by atoms with Crippen molar-refractivity contribution >= 4 is 17.6 Å². The smallest absolute Gasteiger partial charge is 0.246 e. The molecule has 6 heteroatoms. The minimum Gasteiger partial charge on any atom is -0.381 e. The molecule has 6 nitrogen and oxygen atoms in total. The van der Waals surface area contributed by atoms with Crippen molar-refractivity contribution in [3.8, 4) is 0 Å². The number of benzene rings is 1. The first kappa shape index (κ1) is 19.2. The highest BCUT2D eigenvalue weighted by Crippen LogP contribution is 2.27. The van der Waals surface area contributed by atoms with E-state index in [1.165, 1.54) is 5.56 Å². The SMILES string of the molecule is CN=C(NCCCOCC(C)C)NCC(=O)N1CCc2ccccc21. The highest BCUT2D eigenvalue weighted by Gasteiger charge is 2.23. The second-order valence-corrected chi connectivity index (χ2v) is 6.60. The fourth-order valence-corrected chi connectivity index (χ4v) is 2.77. The Kier molecular flexibility index (Phi) is 7.73.